The van der Waals surface area contributed by atoms with Crippen LogP contribution in [0.15, 0.2) is 24.3 Å². The molecule has 0 saturated heterocycles. The molecule has 2 N–H and O–H groups in total. The summed E-state index contributed by atoms with van der Waals surface area (Å²) < 4.78 is 11.0. The van der Waals surface area contributed by atoms with Gasteiger partial charge >= 0.3 is 11.9 Å². The molecule has 1 saturated carbocycles. The largest absolute Gasteiger partial charge is 0.508 e. The third kappa shape index (κ3) is 5.59. The van der Waals surface area contributed by atoms with Crippen LogP contribution in [0.2, 0.25) is 0 Å². The van der Waals surface area contributed by atoms with Crippen molar-refractivity contribution in [3.8, 4) is 5.75 Å². The van der Waals surface area contributed by atoms with Gasteiger partial charge in [0, 0.05) is 12.3 Å². The molecule has 2 rings (SSSR count). The number of carbonyl (C=O) groups excluding carboxylic acids is 3. The lowest BCUT2D eigenvalue weighted by Gasteiger charge is -2.44. The number of rotatable bonds is 3. The van der Waals surface area contributed by atoms with E-state index in [1.54, 1.807) is 41.5 Å². The lowest BCUT2D eigenvalue weighted by atomic mass is 9.61. The van der Waals surface area contributed by atoms with Crippen molar-refractivity contribution in [2.75, 3.05) is 0 Å². The van der Waals surface area contributed by atoms with Gasteiger partial charge in [-0.2, -0.15) is 0 Å². The summed E-state index contributed by atoms with van der Waals surface area (Å²) in [7, 11) is 0. The van der Waals surface area contributed by atoms with Crippen LogP contribution in [0.1, 0.15) is 66.4 Å². The van der Waals surface area contributed by atoms with Gasteiger partial charge in [-0.3, -0.25) is 14.4 Å². The summed E-state index contributed by atoms with van der Waals surface area (Å²) in [5, 5.41) is 20.7. The van der Waals surface area contributed by atoms with Gasteiger partial charge in [-0.25, -0.2) is 0 Å². The Morgan fingerprint density at radius 2 is 1.43 bits per heavy atom. The zero-order valence-electron chi connectivity index (χ0n) is 18.7. The molecule has 7 nitrogen and oxygen atoms in total. The van der Waals surface area contributed by atoms with Crippen LogP contribution in [0, 0.1) is 11.8 Å². The fraction of sp³-hybridized carbons (Fsp3) is 0.609. The first-order chi connectivity index (χ1) is 13.5. The molecule has 30 heavy (non-hydrogen) atoms. The van der Waals surface area contributed by atoms with Crippen molar-refractivity contribution in [2.45, 2.75) is 77.6 Å². The number of aromatic hydroxyl groups is 1. The van der Waals surface area contributed by atoms with Crippen molar-refractivity contribution in [2.24, 2.45) is 11.8 Å². The predicted molar refractivity (Wildman–Crippen MR) is 110 cm³/mol. The standard InChI is InChI=1S/C23H32O7/c1-21(2,3)29-19(26)17-15(25)12-23(7,28)18(20(27)30-22(4,5)6)16(17)13-8-10-14(24)11-9-13/h8-11,16-18,24,28H,12H2,1-7H3/t16-,17+,18-,23-/m0/s1. The van der Waals surface area contributed by atoms with Gasteiger partial charge in [0.1, 0.15) is 22.9 Å². The summed E-state index contributed by atoms with van der Waals surface area (Å²) in [6.45, 7) is 11.6. The number of hydrogen-bond acceptors (Lipinski definition) is 7. The average Bonchev–Trinajstić information content (AvgIpc) is 2.50. The number of carbonyl (C=O) groups is 3. The zero-order valence-corrected chi connectivity index (χ0v) is 18.7. The van der Waals surface area contributed by atoms with Gasteiger partial charge in [0.2, 0.25) is 0 Å². The van der Waals surface area contributed by atoms with Crippen molar-refractivity contribution in [3.05, 3.63) is 29.8 Å². The van der Waals surface area contributed by atoms with Crippen molar-refractivity contribution >= 4 is 17.7 Å². The number of phenols is 1. The Hall–Kier alpha value is -2.41. The molecular weight excluding hydrogens is 388 g/mol. The molecule has 0 aromatic heterocycles. The maximum Gasteiger partial charge on any atom is 0.317 e. The van der Waals surface area contributed by atoms with Crippen molar-refractivity contribution in [1.29, 1.82) is 0 Å². The Bertz CT molecular complexity index is 809. The second-order valence-corrected chi connectivity index (χ2v) is 10.1. The normalized spacial score (nSPS) is 27.5. The topological polar surface area (TPSA) is 110 Å². The van der Waals surface area contributed by atoms with Gasteiger partial charge in [-0.05, 0) is 66.2 Å². The first-order valence-corrected chi connectivity index (χ1v) is 10.0. The highest BCUT2D eigenvalue weighted by Gasteiger charge is 2.57. The molecule has 0 heterocycles. The summed E-state index contributed by atoms with van der Waals surface area (Å²) in [4.78, 5) is 39.1. The maximum atomic E-state index is 13.1. The minimum Gasteiger partial charge on any atom is -0.508 e. The van der Waals surface area contributed by atoms with Crippen LogP contribution in [-0.4, -0.2) is 44.7 Å². The quantitative estimate of drug-likeness (QED) is 0.571. The van der Waals surface area contributed by atoms with E-state index in [2.05, 4.69) is 0 Å². The lowest BCUT2D eigenvalue weighted by molar-refractivity contribution is -0.182. The molecule has 1 aromatic rings. The number of benzene rings is 1. The molecule has 1 aliphatic carbocycles. The van der Waals surface area contributed by atoms with Gasteiger partial charge < -0.3 is 19.7 Å². The molecular formula is C23H32O7. The van der Waals surface area contributed by atoms with Crippen LogP contribution >= 0.6 is 0 Å². The second-order valence-electron chi connectivity index (χ2n) is 10.1. The molecule has 1 aliphatic rings. The van der Waals surface area contributed by atoms with Gasteiger partial charge in [0.05, 0.1) is 11.5 Å². The van der Waals surface area contributed by atoms with Crippen LogP contribution in [0.5, 0.6) is 5.75 Å². The third-order valence-corrected chi connectivity index (χ3v) is 4.87. The Morgan fingerprint density at radius 3 is 1.90 bits per heavy atom. The van der Waals surface area contributed by atoms with Gasteiger partial charge in [-0.1, -0.05) is 12.1 Å². The molecule has 1 fully saturated rings. The SMILES string of the molecule is CC(C)(C)OC(=O)[C@@H]1C(=O)C[C@](C)(O)[C@H](C(=O)OC(C)(C)C)[C@H]1c1ccc(O)cc1. The van der Waals surface area contributed by atoms with Crippen molar-refractivity contribution < 1.29 is 34.1 Å². The highest BCUT2D eigenvalue weighted by molar-refractivity contribution is 6.03. The molecule has 7 heteroatoms. The Labute approximate surface area is 177 Å². The summed E-state index contributed by atoms with van der Waals surface area (Å²) in [5.41, 5.74) is -2.93. The number of Topliss-reactive ketones (excluding diaryl/α,β-unsaturated/α-hetero) is 1. The predicted octanol–water partition coefficient (Wildman–Crippen LogP) is 3.12. The Morgan fingerprint density at radius 1 is 0.967 bits per heavy atom. The molecule has 0 spiro atoms. The fourth-order valence-electron chi connectivity index (χ4n) is 3.84. The molecule has 0 radical (unpaired) electrons. The van der Waals surface area contributed by atoms with Crippen LogP contribution in [0.3, 0.4) is 0 Å². The summed E-state index contributed by atoms with van der Waals surface area (Å²) in [5.74, 6) is -5.45. The smallest absolute Gasteiger partial charge is 0.317 e. The van der Waals surface area contributed by atoms with Crippen LogP contribution < -0.4 is 0 Å². The molecule has 1 aromatic carbocycles. The van der Waals surface area contributed by atoms with E-state index < -0.39 is 52.3 Å². The highest BCUT2D eigenvalue weighted by Crippen LogP contribution is 2.47. The molecule has 0 unspecified atom stereocenters. The first kappa shape index (κ1) is 23.9. The number of esters is 2. The minimum absolute atomic E-state index is 0.00437. The number of ketones is 1. The van der Waals surface area contributed by atoms with Gasteiger partial charge in [0.25, 0.3) is 0 Å². The molecule has 166 valence electrons. The maximum absolute atomic E-state index is 13.1. The van der Waals surface area contributed by atoms with E-state index >= 15 is 0 Å². The van der Waals surface area contributed by atoms with E-state index in [-0.39, 0.29) is 12.2 Å². The summed E-state index contributed by atoms with van der Waals surface area (Å²) in [6, 6.07) is 5.87. The minimum atomic E-state index is -1.72. The van der Waals surface area contributed by atoms with Gasteiger partial charge in [-0.15, -0.1) is 0 Å². The molecule has 4 atom stereocenters. The lowest BCUT2D eigenvalue weighted by Crippen LogP contribution is -2.56. The monoisotopic (exact) mass is 420 g/mol. The molecule has 0 amide bonds. The van der Waals surface area contributed by atoms with Crippen molar-refractivity contribution in [3.63, 3.8) is 0 Å². The van der Waals surface area contributed by atoms with E-state index in [0.717, 1.165) is 0 Å². The Balaban J connectivity index is 2.62. The average molecular weight is 421 g/mol. The van der Waals surface area contributed by atoms with E-state index in [1.165, 1.54) is 31.2 Å². The first-order valence-electron chi connectivity index (χ1n) is 10.0. The highest BCUT2D eigenvalue weighted by atomic mass is 16.6. The van der Waals surface area contributed by atoms with E-state index in [9.17, 15) is 24.6 Å². The van der Waals surface area contributed by atoms with Crippen LogP contribution in [0.4, 0.5) is 0 Å². The number of phenolic OH excluding ortho intramolecular Hbond substituents is 1. The van der Waals surface area contributed by atoms with Crippen molar-refractivity contribution in [1.82, 2.24) is 0 Å². The van der Waals surface area contributed by atoms with E-state index in [1.807, 2.05) is 0 Å². The second kappa shape index (κ2) is 8.02. The zero-order chi connectivity index (χ0) is 23.1. The van der Waals surface area contributed by atoms with E-state index in [0.29, 0.717) is 5.56 Å². The number of hydrogen-bond donors (Lipinski definition) is 2. The molecule has 0 bridgehead atoms. The third-order valence-electron chi connectivity index (χ3n) is 4.87. The molecule has 0 aliphatic heterocycles. The number of ether oxygens (including phenoxy) is 2. The summed E-state index contributed by atoms with van der Waals surface area (Å²) >= 11 is 0. The summed E-state index contributed by atoms with van der Waals surface area (Å²) in [6.07, 6.45) is -0.380. The van der Waals surface area contributed by atoms with Crippen LogP contribution in [-0.2, 0) is 23.9 Å². The van der Waals surface area contributed by atoms with E-state index in [4.69, 9.17) is 9.47 Å². The Kier molecular flexibility index (Phi) is 6.38. The van der Waals surface area contributed by atoms with Crippen LogP contribution in [0.25, 0.3) is 0 Å². The number of aliphatic hydroxyl groups is 1. The van der Waals surface area contributed by atoms with Gasteiger partial charge in [0.15, 0.2) is 5.78 Å². The fourth-order valence-corrected chi connectivity index (χ4v) is 3.84.